The Labute approximate surface area is 111 Å². The van der Waals surface area contributed by atoms with Crippen LogP contribution in [0.2, 0.25) is 5.02 Å². The van der Waals surface area contributed by atoms with Gasteiger partial charge in [-0.05, 0) is 11.6 Å². The van der Waals surface area contributed by atoms with Gasteiger partial charge in [-0.1, -0.05) is 29.8 Å². The minimum Gasteiger partial charge on any atom is -0.389 e. The van der Waals surface area contributed by atoms with Gasteiger partial charge in [0.25, 0.3) is 0 Å². The molecule has 0 bridgehead atoms. The summed E-state index contributed by atoms with van der Waals surface area (Å²) in [5.41, 5.74) is 0.925. The maximum Gasteiger partial charge on any atom is 0.0952 e. The first-order chi connectivity index (χ1) is 8.75. The van der Waals surface area contributed by atoms with Crippen LogP contribution in [0.3, 0.4) is 0 Å². The van der Waals surface area contributed by atoms with E-state index in [0.717, 1.165) is 5.56 Å². The number of benzene rings is 1. The van der Waals surface area contributed by atoms with E-state index >= 15 is 0 Å². The zero-order chi connectivity index (χ0) is 12.8. The molecule has 96 valence electrons. The lowest BCUT2D eigenvalue weighted by Crippen LogP contribution is -2.21. The first kappa shape index (κ1) is 13.1. The van der Waals surface area contributed by atoms with Crippen molar-refractivity contribution in [3.8, 4) is 0 Å². The monoisotopic (exact) mass is 266 g/mol. The van der Waals surface area contributed by atoms with Crippen molar-refractivity contribution in [3.05, 3.63) is 53.6 Å². The Hall–Kier alpha value is -1.36. The summed E-state index contributed by atoms with van der Waals surface area (Å²) in [4.78, 5) is 3.91. The van der Waals surface area contributed by atoms with Crippen LogP contribution in [0.25, 0.3) is 0 Å². The van der Waals surface area contributed by atoms with Crippen LogP contribution in [0.1, 0.15) is 5.56 Å². The highest BCUT2D eigenvalue weighted by Gasteiger charge is 2.06. The smallest absolute Gasteiger partial charge is 0.0952 e. The van der Waals surface area contributed by atoms with Crippen molar-refractivity contribution in [2.45, 2.75) is 19.3 Å². The molecule has 0 radical (unpaired) electrons. The lowest BCUT2D eigenvalue weighted by atomic mass is 10.2. The minimum absolute atomic E-state index is 0.267. The van der Waals surface area contributed by atoms with Gasteiger partial charge in [0.1, 0.15) is 0 Å². The Balaban J connectivity index is 1.74. The van der Waals surface area contributed by atoms with Crippen molar-refractivity contribution in [1.82, 2.24) is 9.55 Å². The number of aromatic nitrogens is 2. The van der Waals surface area contributed by atoms with E-state index in [9.17, 15) is 5.11 Å². The lowest BCUT2D eigenvalue weighted by molar-refractivity contribution is 0.0204. The lowest BCUT2D eigenvalue weighted by Gasteiger charge is -2.12. The van der Waals surface area contributed by atoms with E-state index in [1.807, 2.05) is 28.8 Å². The SMILES string of the molecule is OC(COCc1ccccc1Cl)Cn1ccnc1. The average molecular weight is 267 g/mol. The highest BCUT2D eigenvalue weighted by Crippen LogP contribution is 2.15. The minimum atomic E-state index is -0.554. The molecule has 2 aromatic rings. The molecule has 1 aromatic heterocycles. The van der Waals surface area contributed by atoms with Gasteiger partial charge in [0.15, 0.2) is 0 Å². The molecule has 1 heterocycles. The Bertz CT molecular complexity index is 474. The van der Waals surface area contributed by atoms with E-state index in [1.54, 1.807) is 18.7 Å². The number of aliphatic hydroxyl groups excluding tert-OH is 1. The molecule has 0 aliphatic heterocycles. The largest absolute Gasteiger partial charge is 0.389 e. The molecule has 1 atom stereocenters. The maximum absolute atomic E-state index is 9.76. The summed E-state index contributed by atoms with van der Waals surface area (Å²) in [6.45, 7) is 1.15. The van der Waals surface area contributed by atoms with E-state index in [2.05, 4.69) is 4.98 Å². The van der Waals surface area contributed by atoms with Gasteiger partial charge in [0.05, 0.1) is 32.2 Å². The van der Waals surface area contributed by atoms with Crippen LogP contribution in [0, 0.1) is 0 Å². The summed E-state index contributed by atoms with van der Waals surface area (Å²) in [6, 6.07) is 7.51. The van der Waals surface area contributed by atoms with Gasteiger partial charge in [-0.15, -0.1) is 0 Å². The average Bonchev–Trinajstić information content (AvgIpc) is 2.84. The van der Waals surface area contributed by atoms with Crippen LogP contribution in [0.15, 0.2) is 43.0 Å². The number of imidazole rings is 1. The molecule has 5 heteroatoms. The quantitative estimate of drug-likeness (QED) is 0.871. The predicted molar refractivity (Wildman–Crippen MR) is 69.3 cm³/mol. The number of hydrogen-bond donors (Lipinski definition) is 1. The normalized spacial score (nSPS) is 12.6. The molecular weight excluding hydrogens is 252 g/mol. The second-order valence-corrected chi connectivity index (χ2v) is 4.43. The highest BCUT2D eigenvalue weighted by molar-refractivity contribution is 6.31. The van der Waals surface area contributed by atoms with Crippen LogP contribution < -0.4 is 0 Å². The van der Waals surface area contributed by atoms with Crippen molar-refractivity contribution in [1.29, 1.82) is 0 Å². The topological polar surface area (TPSA) is 47.3 Å². The van der Waals surface area contributed by atoms with Crippen molar-refractivity contribution in [2.75, 3.05) is 6.61 Å². The van der Waals surface area contributed by atoms with Crippen LogP contribution >= 0.6 is 11.6 Å². The second-order valence-electron chi connectivity index (χ2n) is 4.02. The van der Waals surface area contributed by atoms with E-state index < -0.39 is 6.10 Å². The summed E-state index contributed by atoms with van der Waals surface area (Å²) < 4.78 is 7.25. The molecule has 1 N–H and O–H groups in total. The van der Waals surface area contributed by atoms with E-state index in [4.69, 9.17) is 16.3 Å². The third kappa shape index (κ3) is 3.84. The summed E-state index contributed by atoms with van der Waals surface area (Å²) >= 11 is 6.00. The molecule has 2 rings (SSSR count). The fourth-order valence-electron chi connectivity index (χ4n) is 1.61. The summed E-state index contributed by atoms with van der Waals surface area (Å²) in [5, 5.41) is 10.4. The predicted octanol–water partition coefficient (Wildman–Crippen LogP) is 2.11. The molecule has 18 heavy (non-hydrogen) atoms. The van der Waals surface area contributed by atoms with Gasteiger partial charge in [-0.2, -0.15) is 0 Å². The third-order valence-corrected chi connectivity index (χ3v) is 2.88. The van der Waals surface area contributed by atoms with Gasteiger partial charge in [0.2, 0.25) is 0 Å². The molecule has 0 spiro atoms. The Morgan fingerprint density at radius 2 is 2.22 bits per heavy atom. The van der Waals surface area contributed by atoms with Crippen molar-refractivity contribution < 1.29 is 9.84 Å². The maximum atomic E-state index is 9.76. The zero-order valence-corrected chi connectivity index (χ0v) is 10.6. The van der Waals surface area contributed by atoms with Crippen LogP contribution in [-0.4, -0.2) is 27.4 Å². The molecule has 0 amide bonds. The molecule has 0 saturated heterocycles. The van der Waals surface area contributed by atoms with E-state index in [-0.39, 0.29) is 6.61 Å². The van der Waals surface area contributed by atoms with E-state index in [1.165, 1.54) is 0 Å². The van der Waals surface area contributed by atoms with Gasteiger partial charge in [-0.25, -0.2) is 4.98 Å². The fourth-order valence-corrected chi connectivity index (χ4v) is 1.80. The molecule has 1 aromatic carbocycles. The number of halogens is 1. The van der Waals surface area contributed by atoms with Crippen LogP contribution in [-0.2, 0) is 17.9 Å². The van der Waals surface area contributed by atoms with Gasteiger partial charge >= 0.3 is 0 Å². The number of aliphatic hydroxyl groups is 1. The van der Waals surface area contributed by atoms with E-state index in [0.29, 0.717) is 18.2 Å². The van der Waals surface area contributed by atoms with Gasteiger partial charge in [-0.3, -0.25) is 0 Å². The number of nitrogens with zero attached hydrogens (tertiary/aromatic N) is 2. The highest BCUT2D eigenvalue weighted by atomic mass is 35.5. The fraction of sp³-hybridized carbons (Fsp3) is 0.308. The first-order valence-electron chi connectivity index (χ1n) is 5.70. The second kappa shape index (κ2) is 6.54. The zero-order valence-electron chi connectivity index (χ0n) is 9.87. The Kier molecular flexibility index (Phi) is 4.75. The Morgan fingerprint density at radius 1 is 1.39 bits per heavy atom. The Morgan fingerprint density at radius 3 is 2.94 bits per heavy atom. The third-order valence-electron chi connectivity index (χ3n) is 2.51. The summed E-state index contributed by atoms with van der Waals surface area (Å²) in [5.74, 6) is 0. The van der Waals surface area contributed by atoms with Gasteiger partial charge < -0.3 is 14.4 Å². The molecule has 1 unspecified atom stereocenters. The summed E-state index contributed by atoms with van der Waals surface area (Å²) in [7, 11) is 0. The van der Waals surface area contributed by atoms with Crippen molar-refractivity contribution in [2.24, 2.45) is 0 Å². The van der Waals surface area contributed by atoms with Gasteiger partial charge in [0, 0.05) is 17.4 Å². The standard InChI is InChI=1S/C13H15ClN2O2/c14-13-4-2-1-3-11(13)8-18-9-12(17)7-16-6-5-15-10-16/h1-6,10,12,17H,7-9H2. The van der Waals surface area contributed by atoms with Crippen molar-refractivity contribution >= 4 is 11.6 Å². The summed E-state index contributed by atoms with van der Waals surface area (Å²) in [6.07, 6.45) is 4.59. The van der Waals surface area contributed by atoms with Crippen molar-refractivity contribution in [3.63, 3.8) is 0 Å². The van der Waals surface area contributed by atoms with Crippen LogP contribution in [0.5, 0.6) is 0 Å². The molecule has 0 aliphatic carbocycles. The number of rotatable bonds is 6. The first-order valence-corrected chi connectivity index (χ1v) is 6.08. The molecule has 0 fully saturated rings. The molecule has 4 nitrogen and oxygen atoms in total. The number of hydrogen-bond acceptors (Lipinski definition) is 3. The molecule has 0 saturated carbocycles. The van der Waals surface area contributed by atoms with Crippen LogP contribution in [0.4, 0.5) is 0 Å². The molecular formula is C13H15ClN2O2. The number of ether oxygens (including phenoxy) is 1. The molecule has 0 aliphatic rings.